The second kappa shape index (κ2) is 6.06. The fourth-order valence-electron chi connectivity index (χ4n) is 1.26. The van der Waals surface area contributed by atoms with Crippen LogP contribution in [0.1, 0.15) is 40.5 Å². The van der Waals surface area contributed by atoms with Crippen molar-refractivity contribution in [1.29, 1.82) is 0 Å². The van der Waals surface area contributed by atoms with Gasteiger partial charge in [0.2, 0.25) is 0 Å². The Morgan fingerprint density at radius 2 is 1.36 bits per heavy atom. The molecule has 0 aromatic heterocycles. The normalized spacial score (nSPS) is 12.1. The van der Waals surface area contributed by atoms with Crippen LogP contribution < -0.4 is 0 Å². The first kappa shape index (κ1) is 11.5. The molecule has 0 saturated carbocycles. The van der Waals surface area contributed by atoms with E-state index in [2.05, 4.69) is 44.3 Å². The molecular weight excluding hydrogens is 151 g/mol. The molecule has 62 valence electrons. The molecule has 0 N–H and O–H groups in total. The van der Waals surface area contributed by atoms with Crippen molar-refractivity contribution in [3.05, 3.63) is 0 Å². The Morgan fingerprint density at radius 1 is 1.00 bits per heavy atom. The summed E-state index contributed by atoms with van der Waals surface area (Å²) >= 11 is 2.37. The summed E-state index contributed by atoms with van der Waals surface area (Å²) in [7, 11) is 0. The van der Waals surface area contributed by atoms with Crippen LogP contribution in [0.25, 0.3) is 0 Å². The molecule has 0 aliphatic carbocycles. The van der Waals surface area contributed by atoms with E-state index in [0.29, 0.717) is 6.10 Å². The maximum atomic E-state index is 5.29. The van der Waals surface area contributed by atoms with E-state index < -0.39 is 0 Å². The van der Waals surface area contributed by atoms with Crippen LogP contribution in [-0.4, -0.2) is 22.7 Å². The average Bonchev–Trinajstić information content (AvgIpc) is 1.84. The van der Waals surface area contributed by atoms with E-state index in [9.17, 15) is 0 Å². The van der Waals surface area contributed by atoms with Gasteiger partial charge in [-0.05, 0) is 0 Å². The van der Waals surface area contributed by atoms with Gasteiger partial charge in [0.05, 0.1) is 0 Å². The van der Waals surface area contributed by atoms with E-state index in [0.717, 1.165) is 11.8 Å². The fourth-order valence-corrected chi connectivity index (χ4v) is 1.48. The molecule has 0 radical (unpaired) electrons. The standard InChI is InChI=1S/C9H19O.Al/c1-7(2)5-9(10)6-8(3)4;/h7-9H,5-6H2,1-4H3;/q-1;+3. The van der Waals surface area contributed by atoms with Crippen molar-refractivity contribution in [3.8, 4) is 0 Å². The van der Waals surface area contributed by atoms with Crippen molar-refractivity contribution in [2.45, 2.75) is 46.6 Å². The molecule has 1 nitrogen and oxygen atoms in total. The van der Waals surface area contributed by atoms with Crippen molar-refractivity contribution in [3.63, 3.8) is 0 Å². The van der Waals surface area contributed by atoms with E-state index in [1.807, 2.05) is 0 Å². The molecule has 0 amide bonds. The molecule has 0 aliphatic heterocycles. The number of hydrogen-bond donors (Lipinski definition) is 0. The zero-order chi connectivity index (χ0) is 8.85. The van der Waals surface area contributed by atoms with Crippen LogP contribution in [0.3, 0.4) is 0 Å². The van der Waals surface area contributed by atoms with Gasteiger partial charge in [0.15, 0.2) is 0 Å². The maximum absolute atomic E-state index is 5.29. The Hall–Kier alpha value is 0.492. The van der Waals surface area contributed by atoms with Gasteiger partial charge in [0, 0.05) is 0 Å². The zero-order valence-electron chi connectivity index (χ0n) is 8.13. The Bertz CT molecular complexity index is 81.6. The van der Waals surface area contributed by atoms with Crippen LogP contribution in [0, 0.1) is 11.8 Å². The molecule has 0 aliphatic rings. The van der Waals surface area contributed by atoms with Crippen molar-refractivity contribution in [2.24, 2.45) is 11.8 Å². The minimum absolute atomic E-state index is 0.431. The predicted octanol–water partition coefficient (Wildman–Crippen LogP) is 2.55. The van der Waals surface area contributed by atoms with E-state index >= 15 is 0 Å². The third-order valence-corrected chi connectivity index (χ3v) is 2.05. The van der Waals surface area contributed by atoms with Crippen LogP contribution in [0.4, 0.5) is 0 Å². The molecule has 0 unspecified atom stereocenters. The molecule has 0 heterocycles. The SMILES string of the molecule is CC(C)CC(CC(C)C)[O][Al+2]. The molecule has 0 bridgehead atoms. The van der Waals surface area contributed by atoms with Gasteiger partial charge in [-0.3, -0.25) is 0 Å². The Kier molecular flexibility index (Phi) is 6.33. The first-order valence-electron chi connectivity index (χ1n) is 4.41. The van der Waals surface area contributed by atoms with Gasteiger partial charge in [-0.2, -0.15) is 0 Å². The third kappa shape index (κ3) is 6.87. The summed E-state index contributed by atoms with van der Waals surface area (Å²) < 4.78 is 5.29. The summed E-state index contributed by atoms with van der Waals surface area (Å²) in [6, 6.07) is 0. The molecule has 2 heteroatoms. The Labute approximate surface area is 79.3 Å². The van der Waals surface area contributed by atoms with Crippen molar-refractivity contribution >= 4 is 16.6 Å². The molecule has 0 saturated heterocycles. The second-order valence-electron chi connectivity index (χ2n) is 4.02. The first-order valence-corrected chi connectivity index (χ1v) is 4.89. The summed E-state index contributed by atoms with van der Waals surface area (Å²) in [5, 5.41) is 0. The summed E-state index contributed by atoms with van der Waals surface area (Å²) in [4.78, 5) is 0. The Morgan fingerprint density at radius 3 is 1.55 bits per heavy atom. The molecule has 0 aromatic carbocycles. The summed E-state index contributed by atoms with van der Waals surface area (Å²) in [6.45, 7) is 8.93. The minimum atomic E-state index is 0.431. The topological polar surface area (TPSA) is 9.23 Å². The predicted molar refractivity (Wildman–Crippen MR) is 49.5 cm³/mol. The van der Waals surface area contributed by atoms with Crippen LogP contribution in [0.15, 0.2) is 0 Å². The molecule has 0 spiro atoms. The van der Waals surface area contributed by atoms with Crippen molar-refractivity contribution in [1.82, 2.24) is 0 Å². The number of hydrogen-bond acceptors (Lipinski definition) is 1. The van der Waals surface area contributed by atoms with E-state index in [4.69, 9.17) is 3.79 Å². The summed E-state index contributed by atoms with van der Waals surface area (Å²) in [6.07, 6.45) is 2.77. The van der Waals surface area contributed by atoms with Crippen LogP contribution in [-0.2, 0) is 3.79 Å². The molecule has 0 atom stereocenters. The number of rotatable bonds is 5. The van der Waals surface area contributed by atoms with E-state index in [-0.39, 0.29) is 0 Å². The van der Waals surface area contributed by atoms with Gasteiger partial charge in [-0.15, -0.1) is 0 Å². The monoisotopic (exact) mass is 170 g/mol. The summed E-state index contributed by atoms with van der Waals surface area (Å²) in [5.41, 5.74) is 0. The van der Waals surface area contributed by atoms with E-state index in [1.54, 1.807) is 0 Å². The van der Waals surface area contributed by atoms with Crippen molar-refractivity contribution in [2.75, 3.05) is 0 Å². The van der Waals surface area contributed by atoms with Gasteiger partial charge >= 0.3 is 78.9 Å². The third-order valence-electron chi connectivity index (χ3n) is 1.66. The van der Waals surface area contributed by atoms with Gasteiger partial charge < -0.3 is 0 Å². The first-order chi connectivity index (χ1) is 5.06. The van der Waals surface area contributed by atoms with Crippen molar-refractivity contribution < 1.29 is 3.79 Å². The van der Waals surface area contributed by atoms with Crippen LogP contribution >= 0.6 is 0 Å². The quantitative estimate of drug-likeness (QED) is 0.576. The molecule has 0 fully saturated rings. The van der Waals surface area contributed by atoms with Crippen LogP contribution in [0.2, 0.25) is 0 Å². The molecule has 11 heavy (non-hydrogen) atoms. The van der Waals surface area contributed by atoms with E-state index in [1.165, 1.54) is 12.8 Å². The Balaban J connectivity index is 3.58. The average molecular weight is 170 g/mol. The molecule has 0 aromatic rings. The van der Waals surface area contributed by atoms with Gasteiger partial charge in [-0.25, -0.2) is 0 Å². The molecule has 0 rings (SSSR count). The molecular formula is C9H19AlO+2. The second-order valence-corrected chi connectivity index (χ2v) is 4.29. The van der Waals surface area contributed by atoms with Gasteiger partial charge in [0.25, 0.3) is 0 Å². The van der Waals surface area contributed by atoms with Gasteiger partial charge in [0.1, 0.15) is 0 Å². The summed E-state index contributed by atoms with van der Waals surface area (Å²) in [5.74, 6) is 1.47. The van der Waals surface area contributed by atoms with Crippen LogP contribution in [0.5, 0.6) is 0 Å². The zero-order valence-corrected chi connectivity index (χ0v) is 9.29. The fraction of sp³-hybridized carbons (Fsp3) is 1.00. The van der Waals surface area contributed by atoms with Gasteiger partial charge in [-0.1, -0.05) is 0 Å².